The van der Waals surface area contributed by atoms with E-state index in [1.54, 1.807) is 0 Å². The number of fused-ring (bicyclic) bond motifs is 3. The van der Waals surface area contributed by atoms with Gasteiger partial charge in [-0.25, -0.2) is 4.79 Å². The maximum absolute atomic E-state index is 12.6. The highest BCUT2D eigenvalue weighted by atomic mass is 16.6. The van der Waals surface area contributed by atoms with Crippen molar-refractivity contribution in [2.24, 2.45) is 4.99 Å². The van der Waals surface area contributed by atoms with Crippen molar-refractivity contribution in [1.82, 2.24) is 20.1 Å². The second-order valence-electron chi connectivity index (χ2n) is 8.16. The molecule has 1 amide bonds. The molecule has 2 unspecified atom stereocenters. The van der Waals surface area contributed by atoms with Crippen LogP contribution in [-0.4, -0.2) is 33.1 Å². The Morgan fingerprint density at radius 3 is 2.41 bits per heavy atom. The number of aliphatic imine (C=N–C) groups is 1. The van der Waals surface area contributed by atoms with Gasteiger partial charge in [0.05, 0.1) is 17.9 Å². The van der Waals surface area contributed by atoms with Crippen LogP contribution >= 0.6 is 0 Å². The molecule has 7 nitrogen and oxygen atoms in total. The molecule has 0 aliphatic carbocycles. The molecule has 34 heavy (non-hydrogen) atoms. The summed E-state index contributed by atoms with van der Waals surface area (Å²) < 4.78 is 7.60. The third kappa shape index (κ3) is 4.20. The van der Waals surface area contributed by atoms with Crippen molar-refractivity contribution in [2.45, 2.75) is 26.0 Å². The van der Waals surface area contributed by atoms with Gasteiger partial charge in [0.2, 0.25) is 0 Å². The molecule has 1 aromatic heterocycles. The molecule has 1 aliphatic heterocycles. The lowest BCUT2D eigenvalue weighted by Gasteiger charge is -2.16. The van der Waals surface area contributed by atoms with Gasteiger partial charge in [-0.2, -0.15) is 0 Å². The van der Waals surface area contributed by atoms with Crippen LogP contribution in [0.1, 0.15) is 47.4 Å². The number of aryl methyl sites for hydroxylation is 1. The number of ether oxygens (including phenoxy) is 1. The molecule has 4 aromatic rings. The molecule has 7 heteroatoms. The van der Waals surface area contributed by atoms with Crippen LogP contribution in [0, 0.1) is 6.92 Å². The zero-order chi connectivity index (χ0) is 23.5. The van der Waals surface area contributed by atoms with Gasteiger partial charge in [-0.05, 0) is 25.5 Å². The summed E-state index contributed by atoms with van der Waals surface area (Å²) in [4.78, 5) is 17.7. The Labute approximate surface area is 198 Å². The number of hydrogen-bond acceptors (Lipinski definition) is 5. The largest absolute Gasteiger partial charge is 0.442 e. The zero-order valence-electron chi connectivity index (χ0n) is 19.1. The molecular weight excluding hydrogens is 426 g/mol. The highest BCUT2D eigenvalue weighted by Gasteiger charge is 2.28. The lowest BCUT2D eigenvalue weighted by atomic mass is 10.0. The Kier molecular flexibility index (Phi) is 5.91. The first-order valence-corrected chi connectivity index (χ1v) is 11.3. The van der Waals surface area contributed by atoms with Crippen LogP contribution in [0.4, 0.5) is 4.79 Å². The minimum atomic E-state index is -0.502. The second kappa shape index (κ2) is 9.31. The van der Waals surface area contributed by atoms with Gasteiger partial charge < -0.3 is 10.1 Å². The third-order valence-electron chi connectivity index (χ3n) is 5.87. The van der Waals surface area contributed by atoms with E-state index < -0.39 is 12.1 Å². The van der Waals surface area contributed by atoms with Crippen molar-refractivity contribution in [2.75, 3.05) is 6.54 Å². The van der Waals surface area contributed by atoms with E-state index in [0.29, 0.717) is 5.82 Å². The summed E-state index contributed by atoms with van der Waals surface area (Å²) in [6.45, 7) is 3.99. The number of hydrogen-bond donors (Lipinski definition) is 1. The summed E-state index contributed by atoms with van der Waals surface area (Å²) in [5, 5.41) is 11.6. The smallest absolute Gasteiger partial charge is 0.407 e. The number of rotatable bonds is 5. The van der Waals surface area contributed by atoms with E-state index in [1.165, 1.54) is 0 Å². The van der Waals surface area contributed by atoms with Crippen LogP contribution in [0.15, 0.2) is 89.9 Å². The first-order valence-electron chi connectivity index (χ1n) is 11.3. The second-order valence-corrected chi connectivity index (χ2v) is 8.16. The Morgan fingerprint density at radius 1 is 0.971 bits per heavy atom. The average Bonchev–Trinajstić information content (AvgIpc) is 3.19. The Bertz CT molecular complexity index is 1330. The lowest BCUT2D eigenvalue weighted by Crippen LogP contribution is -2.30. The SMILES string of the molecule is Cc1nnc2n1-c1ccccc1C(c1ccccc1)=NC2CNC(=O)OC(C)c1ccccc1. The van der Waals surface area contributed by atoms with Crippen molar-refractivity contribution >= 4 is 11.8 Å². The molecule has 1 aliphatic rings. The van der Waals surface area contributed by atoms with Gasteiger partial charge in [-0.15, -0.1) is 10.2 Å². The van der Waals surface area contributed by atoms with Crippen molar-refractivity contribution in [3.8, 4) is 5.69 Å². The molecule has 170 valence electrons. The van der Waals surface area contributed by atoms with E-state index >= 15 is 0 Å². The molecule has 3 aromatic carbocycles. The summed E-state index contributed by atoms with van der Waals surface area (Å²) in [6, 6.07) is 27.3. The van der Waals surface area contributed by atoms with Gasteiger partial charge in [0.25, 0.3) is 0 Å². The van der Waals surface area contributed by atoms with E-state index in [0.717, 1.165) is 33.9 Å². The fraction of sp³-hybridized carbons (Fsp3) is 0.185. The molecule has 0 fully saturated rings. The summed E-state index contributed by atoms with van der Waals surface area (Å²) in [5.74, 6) is 1.43. The molecule has 2 heterocycles. The fourth-order valence-corrected chi connectivity index (χ4v) is 4.18. The highest BCUT2D eigenvalue weighted by Crippen LogP contribution is 2.30. The molecule has 0 radical (unpaired) electrons. The quantitative estimate of drug-likeness (QED) is 0.465. The zero-order valence-corrected chi connectivity index (χ0v) is 19.1. The molecule has 0 saturated carbocycles. The molecular formula is C27H25N5O2. The first kappa shape index (κ1) is 21.6. The maximum Gasteiger partial charge on any atom is 0.407 e. The standard InChI is InChI=1S/C27H25N5O2/c1-18(20-11-5-3-6-12-20)34-27(33)28-17-23-26-31-30-19(2)32(26)24-16-10-9-15-22(24)25(29-23)21-13-7-4-8-14-21/h3-16,18,23H,17H2,1-2H3,(H,28,33). The van der Waals surface area contributed by atoms with Gasteiger partial charge in [-0.1, -0.05) is 78.9 Å². The molecule has 2 atom stereocenters. The number of para-hydroxylation sites is 1. The van der Waals surface area contributed by atoms with Gasteiger partial charge >= 0.3 is 6.09 Å². The van der Waals surface area contributed by atoms with Gasteiger partial charge in [0, 0.05) is 11.1 Å². The summed E-state index contributed by atoms with van der Waals surface area (Å²) in [7, 11) is 0. The van der Waals surface area contributed by atoms with Crippen LogP contribution in [0.2, 0.25) is 0 Å². The number of amides is 1. The highest BCUT2D eigenvalue weighted by molar-refractivity contribution is 6.15. The fourth-order valence-electron chi connectivity index (χ4n) is 4.18. The number of carbonyl (C=O) groups excluding carboxylic acids is 1. The Hall–Kier alpha value is -4.26. The van der Waals surface area contributed by atoms with E-state index in [-0.39, 0.29) is 12.6 Å². The van der Waals surface area contributed by atoms with Gasteiger partial charge in [0.15, 0.2) is 5.82 Å². The number of alkyl carbamates (subject to hydrolysis) is 1. The normalized spacial score (nSPS) is 15.4. The van der Waals surface area contributed by atoms with Crippen LogP contribution < -0.4 is 5.32 Å². The minimum Gasteiger partial charge on any atom is -0.442 e. The van der Waals surface area contributed by atoms with Crippen molar-refractivity contribution < 1.29 is 9.53 Å². The number of benzene rings is 3. The average molecular weight is 452 g/mol. The maximum atomic E-state index is 12.6. The molecule has 1 N–H and O–H groups in total. The number of carbonyl (C=O) groups is 1. The van der Waals surface area contributed by atoms with Gasteiger partial charge in [-0.3, -0.25) is 9.56 Å². The van der Waals surface area contributed by atoms with Crippen molar-refractivity contribution in [3.05, 3.63) is 113 Å². The minimum absolute atomic E-state index is 0.225. The van der Waals surface area contributed by atoms with Crippen molar-refractivity contribution in [3.63, 3.8) is 0 Å². The topological polar surface area (TPSA) is 81.4 Å². The summed E-state index contributed by atoms with van der Waals surface area (Å²) in [5.41, 5.74) is 4.73. The molecule has 0 bridgehead atoms. The molecule has 0 spiro atoms. The third-order valence-corrected chi connectivity index (χ3v) is 5.87. The number of nitrogens with one attached hydrogen (secondary N) is 1. The van der Waals surface area contributed by atoms with E-state index in [4.69, 9.17) is 9.73 Å². The van der Waals surface area contributed by atoms with E-state index in [2.05, 4.69) is 21.6 Å². The predicted octanol–water partition coefficient (Wildman–Crippen LogP) is 4.96. The van der Waals surface area contributed by atoms with Crippen molar-refractivity contribution in [1.29, 1.82) is 0 Å². The van der Waals surface area contributed by atoms with E-state index in [1.807, 2.05) is 97.3 Å². The molecule has 5 rings (SSSR count). The van der Waals surface area contributed by atoms with E-state index in [9.17, 15) is 4.79 Å². The Balaban J connectivity index is 1.46. The molecule has 0 saturated heterocycles. The predicted molar refractivity (Wildman–Crippen MR) is 130 cm³/mol. The first-order chi connectivity index (χ1) is 16.6. The number of nitrogens with zero attached hydrogens (tertiary/aromatic N) is 4. The summed E-state index contributed by atoms with van der Waals surface area (Å²) in [6.07, 6.45) is -0.869. The van der Waals surface area contributed by atoms with Crippen LogP contribution in [0.25, 0.3) is 5.69 Å². The lowest BCUT2D eigenvalue weighted by molar-refractivity contribution is 0.106. The van der Waals surface area contributed by atoms with Crippen LogP contribution in [-0.2, 0) is 4.74 Å². The summed E-state index contributed by atoms with van der Waals surface area (Å²) >= 11 is 0. The van der Waals surface area contributed by atoms with Crippen LogP contribution in [0.5, 0.6) is 0 Å². The monoisotopic (exact) mass is 451 g/mol. The Morgan fingerprint density at radius 2 is 1.65 bits per heavy atom. The van der Waals surface area contributed by atoms with Crippen LogP contribution in [0.3, 0.4) is 0 Å². The van der Waals surface area contributed by atoms with Gasteiger partial charge in [0.1, 0.15) is 18.0 Å². The number of aromatic nitrogens is 3.